The quantitative estimate of drug-likeness (QED) is 0.772. The fourth-order valence-corrected chi connectivity index (χ4v) is 1.52. The van der Waals surface area contributed by atoms with Gasteiger partial charge in [0.25, 0.3) is 0 Å². The number of carbonyl (C=O) groups is 2. The van der Waals surface area contributed by atoms with Crippen LogP contribution in [-0.2, 0) is 9.53 Å². The van der Waals surface area contributed by atoms with Crippen LogP contribution in [0, 0.1) is 5.41 Å². The summed E-state index contributed by atoms with van der Waals surface area (Å²) in [5.74, 6) is 0. The van der Waals surface area contributed by atoms with Gasteiger partial charge in [0.05, 0.1) is 0 Å². The van der Waals surface area contributed by atoms with E-state index >= 15 is 0 Å². The molecule has 100 valence electrons. The van der Waals surface area contributed by atoms with Gasteiger partial charge in [0.1, 0.15) is 11.9 Å². The molecule has 0 fully saturated rings. The topological polar surface area (TPSA) is 55.4 Å². The summed E-state index contributed by atoms with van der Waals surface area (Å²) in [6, 6.07) is -0.164. The summed E-state index contributed by atoms with van der Waals surface area (Å²) in [6.45, 7) is 11.6. The third-order valence-electron chi connectivity index (χ3n) is 1.96. The molecule has 1 atom stereocenters. The molecule has 0 aliphatic carbocycles. The van der Waals surface area contributed by atoms with Gasteiger partial charge in [-0.15, -0.1) is 0 Å². The Hall–Kier alpha value is -1.06. The third kappa shape index (κ3) is 9.85. The summed E-state index contributed by atoms with van der Waals surface area (Å²) in [5, 5.41) is 2.74. The van der Waals surface area contributed by atoms with Crippen LogP contribution >= 0.6 is 0 Å². The molecule has 1 unspecified atom stereocenters. The Kier molecular flexibility index (Phi) is 5.66. The molecule has 0 radical (unpaired) electrons. The standard InChI is InChI=1S/C13H25NO3/c1-12(2,3)9-10(7-8-15)14-11(16)17-13(4,5)6/h8,10H,7,9H2,1-6H3,(H,14,16). The average molecular weight is 243 g/mol. The molecule has 0 aromatic carbocycles. The zero-order chi connectivity index (χ0) is 13.7. The van der Waals surface area contributed by atoms with Crippen LogP contribution in [0.1, 0.15) is 54.4 Å². The van der Waals surface area contributed by atoms with Crippen molar-refractivity contribution in [2.75, 3.05) is 0 Å². The molecule has 4 heteroatoms. The summed E-state index contributed by atoms with van der Waals surface area (Å²) < 4.78 is 5.16. The Labute approximate surface area is 104 Å². The minimum absolute atomic E-state index is 0.0582. The smallest absolute Gasteiger partial charge is 0.407 e. The first-order valence-electron chi connectivity index (χ1n) is 5.97. The molecule has 0 heterocycles. The lowest BCUT2D eigenvalue weighted by atomic mass is 9.87. The van der Waals surface area contributed by atoms with Crippen LogP contribution in [-0.4, -0.2) is 24.0 Å². The minimum Gasteiger partial charge on any atom is -0.444 e. The molecule has 0 aromatic heterocycles. The van der Waals surface area contributed by atoms with Gasteiger partial charge >= 0.3 is 6.09 Å². The molecule has 0 aliphatic rings. The van der Waals surface area contributed by atoms with E-state index in [9.17, 15) is 9.59 Å². The predicted molar refractivity (Wildman–Crippen MR) is 67.9 cm³/mol. The Morgan fingerprint density at radius 3 is 2.12 bits per heavy atom. The normalized spacial score (nSPS) is 14.0. The highest BCUT2D eigenvalue weighted by Gasteiger charge is 2.23. The van der Waals surface area contributed by atoms with Crippen LogP contribution in [0.5, 0.6) is 0 Å². The first-order valence-corrected chi connectivity index (χ1v) is 5.97. The van der Waals surface area contributed by atoms with Crippen LogP contribution in [0.15, 0.2) is 0 Å². The van der Waals surface area contributed by atoms with Crippen molar-refractivity contribution in [1.82, 2.24) is 5.32 Å². The molecular weight excluding hydrogens is 218 g/mol. The summed E-state index contributed by atoms with van der Waals surface area (Å²) in [6.07, 6.45) is 1.42. The zero-order valence-corrected chi connectivity index (χ0v) is 11.8. The average Bonchev–Trinajstić information content (AvgIpc) is 1.95. The molecule has 1 amide bonds. The fourth-order valence-electron chi connectivity index (χ4n) is 1.52. The predicted octanol–water partition coefficient (Wildman–Crippen LogP) is 2.90. The van der Waals surface area contributed by atoms with Crippen molar-refractivity contribution in [1.29, 1.82) is 0 Å². The number of alkyl carbamates (subject to hydrolysis) is 1. The van der Waals surface area contributed by atoms with E-state index in [-0.39, 0.29) is 11.5 Å². The number of hydrogen-bond acceptors (Lipinski definition) is 3. The maximum Gasteiger partial charge on any atom is 0.407 e. The number of nitrogens with one attached hydrogen (secondary N) is 1. The molecule has 0 aromatic rings. The second-order valence-electron chi connectivity index (χ2n) is 6.51. The molecule has 0 saturated carbocycles. The van der Waals surface area contributed by atoms with Crippen molar-refractivity contribution < 1.29 is 14.3 Å². The lowest BCUT2D eigenvalue weighted by Gasteiger charge is -2.27. The molecular formula is C13H25NO3. The van der Waals surface area contributed by atoms with Crippen molar-refractivity contribution in [3.05, 3.63) is 0 Å². The van der Waals surface area contributed by atoms with Crippen molar-refractivity contribution in [2.45, 2.75) is 66.0 Å². The SMILES string of the molecule is CC(C)(C)CC(CC=O)NC(=O)OC(C)(C)C. The van der Waals surface area contributed by atoms with Gasteiger partial charge < -0.3 is 14.8 Å². The Morgan fingerprint density at radius 1 is 1.24 bits per heavy atom. The number of aldehydes is 1. The van der Waals surface area contributed by atoms with Crippen LogP contribution in [0.3, 0.4) is 0 Å². The maximum absolute atomic E-state index is 11.6. The van der Waals surface area contributed by atoms with E-state index in [2.05, 4.69) is 26.1 Å². The first kappa shape index (κ1) is 15.9. The number of rotatable bonds is 4. The van der Waals surface area contributed by atoms with Crippen molar-refractivity contribution in [2.24, 2.45) is 5.41 Å². The van der Waals surface area contributed by atoms with E-state index in [1.807, 2.05) is 20.8 Å². The van der Waals surface area contributed by atoms with Crippen LogP contribution in [0.4, 0.5) is 4.79 Å². The summed E-state index contributed by atoms with van der Waals surface area (Å²) >= 11 is 0. The van der Waals surface area contributed by atoms with Crippen molar-refractivity contribution in [3.63, 3.8) is 0 Å². The third-order valence-corrected chi connectivity index (χ3v) is 1.96. The maximum atomic E-state index is 11.6. The Bertz CT molecular complexity index is 261. The van der Waals surface area contributed by atoms with E-state index < -0.39 is 11.7 Å². The highest BCUT2D eigenvalue weighted by molar-refractivity contribution is 5.68. The second kappa shape index (κ2) is 6.03. The van der Waals surface area contributed by atoms with Gasteiger partial charge in [0.2, 0.25) is 0 Å². The second-order valence-corrected chi connectivity index (χ2v) is 6.51. The van der Waals surface area contributed by atoms with E-state index in [0.29, 0.717) is 6.42 Å². The van der Waals surface area contributed by atoms with Gasteiger partial charge in [0, 0.05) is 12.5 Å². The number of hydrogen-bond donors (Lipinski definition) is 1. The number of carbonyl (C=O) groups excluding carboxylic acids is 2. The molecule has 0 rings (SSSR count). The number of amides is 1. The van der Waals surface area contributed by atoms with Gasteiger partial charge in [-0.25, -0.2) is 4.79 Å². The molecule has 0 saturated heterocycles. The summed E-state index contributed by atoms with van der Waals surface area (Å²) in [7, 11) is 0. The van der Waals surface area contributed by atoms with Gasteiger partial charge in [-0.3, -0.25) is 0 Å². The van der Waals surface area contributed by atoms with Gasteiger partial charge in [-0.2, -0.15) is 0 Å². The minimum atomic E-state index is -0.516. The van der Waals surface area contributed by atoms with Crippen molar-refractivity contribution >= 4 is 12.4 Å². The molecule has 0 bridgehead atoms. The van der Waals surface area contributed by atoms with Crippen molar-refractivity contribution in [3.8, 4) is 0 Å². The van der Waals surface area contributed by atoms with E-state index in [1.165, 1.54) is 0 Å². The van der Waals surface area contributed by atoms with E-state index in [4.69, 9.17) is 4.74 Å². The highest BCUT2D eigenvalue weighted by atomic mass is 16.6. The lowest BCUT2D eigenvalue weighted by molar-refractivity contribution is -0.108. The molecule has 0 aliphatic heterocycles. The molecule has 17 heavy (non-hydrogen) atoms. The van der Waals surface area contributed by atoms with E-state index in [1.54, 1.807) is 0 Å². The van der Waals surface area contributed by atoms with Crippen LogP contribution in [0.2, 0.25) is 0 Å². The largest absolute Gasteiger partial charge is 0.444 e. The summed E-state index contributed by atoms with van der Waals surface area (Å²) in [5.41, 5.74) is -0.458. The van der Waals surface area contributed by atoms with Crippen LogP contribution < -0.4 is 5.32 Å². The monoisotopic (exact) mass is 243 g/mol. The highest BCUT2D eigenvalue weighted by Crippen LogP contribution is 2.22. The van der Waals surface area contributed by atoms with E-state index in [0.717, 1.165) is 12.7 Å². The molecule has 0 spiro atoms. The Balaban J connectivity index is 4.35. The number of ether oxygens (including phenoxy) is 1. The van der Waals surface area contributed by atoms with Crippen LogP contribution in [0.25, 0.3) is 0 Å². The first-order chi connectivity index (χ1) is 7.53. The fraction of sp³-hybridized carbons (Fsp3) is 0.846. The lowest BCUT2D eigenvalue weighted by Crippen LogP contribution is -2.41. The summed E-state index contributed by atoms with van der Waals surface area (Å²) in [4.78, 5) is 22.2. The van der Waals surface area contributed by atoms with Gasteiger partial charge in [-0.05, 0) is 32.6 Å². The molecule has 4 nitrogen and oxygen atoms in total. The van der Waals surface area contributed by atoms with Gasteiger partial charge in [0.15, 0.2) is 0 Å². The zero-order valence-electron chi connectivity index (χ0n) is 11.8. The molecule has 1 N–H and O–H groups in total. The van der Waals surface area contributed by atoms with Gasteiger partial charge in [-0.1, -0.05) is 20.8 Å². The Morgan fingerprint density at radius 2 is 1.76 bits per heavy atom.